The van der Waals surface area contributed by atoms with Gasteiger partial charge in [0.1, 0.15) is 24.8 Å². The lowest BCUT2D eigenvalue weighted by atomic mass is 10.0. The second kappa shape index (κ2) is 13.2. The largest absolute Gasteiger partial charge is 0.481 e. The number of piperidine rings is 1. The lowest BCUT2D eigenvalue weighted by molar-refractivity contribution is -0.134. The number of likely N-dealkylation sites (tertiary alicyclic amines) is 1. The molecule has 0 spiro atoms. The van der Waals surface area contributed by atoms with Crippen molar-refractivity contribution in [3.05, 3.63) is 73.1 Å². The molecule has 0 unspecified atom stereocenters. The van der Waals surface area contributed by atoms with Crippen LogP contribution in [0.5, 0.6) is 17.4 Å². The maximum Gasteiger partial charge on any atom is 0.296 e. The molecule has 0 bridgehead atoms. The van der Waals surface area contributed by atoms with Gasteiger partial charge in [0.2, 0.25) is 11.8 Å². The number of fused-ring (bicyclic) bond motifs is 2. The molecule has 5 aromatic rings. The van der Waals surface area contributed by atoms with E-state index in [4.69, 9.17) is 9.47 Å². The number of para-hydroxylation sites is 1. The second-order valence-corrected chi connectivity index (χ2v) is 11.6. The van der Waals surface area contributed by atoms with Crippen molar-refractivity contribution in [3.8, 4) is 17.4 Å². The summed E-state index contributed by atoms with van der Waals surface area (Å²) in [6.07, 6.45) is 5.99. The summed E-state index contributed by atoms with van der Waals surface area (Å²) in [5, 5.41) is 10.5. The minimum atomic E-state index is -3.15. The molecule has 2 aromatic carbocycles. The van der Waals surface area contributed by atoms with Crippen LogP contribution in [-0.2, 0) is 4.79 Å². The Morgan fingerprint density at radius 3 is 2.77 bits per heavy atom. The Balaban J connectivity index is 1.41. The highest BCUT2D eigenvalue weighted by molar-refractivity contribution is 6.06. The van der Waals surface area contributed by atoms with E-state index in [2.05, 4.69) is 35.7 Å². The van der Waals surface area contributed by atoms with E-state index in [0.29, 0.717) is 41.1 Å². The van der Waals surface area contributed by atoms with Gasteiger partial charge in [-0.3, -0.25) is 4.79 Å². The lowest BCUT2D eigenvalue weighted by Gasteiger charge is -2.36. The van der Waals surface area contributed by atoms with Crippen LogP contribution in [0.15, 0.2) is 67.5 Å². The molecule has 2 N–H and O–H groups in total. The van der Waals surface area contributed by atoms with Gasteiger partial charge in [-0.25, -0.2) is 33.2 Å². The summed E-state index contributed by atoms with van der Waals surface area (Å²) in [5.41, 5.74) is 2.49. The summed E-state index contributed by atoms with van der Waals surface area (Å²) >= 11 is 0. The molecule has 1 atom stereocenters. The van der Waals surface area contributed by atoms with Crippen LogP contribution in [-0.4, -0.2) is 98.1 Å². The van der Waals surface area contributed by atoms with E-state index >= 15 is 8.78 Å². The number of carbonyl (C=O) groups excluding carboxylic acids is 1. The number of benzene rings is 2. The van der Waals surface area contributed by atoms with Gasteiger partial charge in [-0.15, -0.1) is 0 Å². The molecule has 1 aliphatic rings. The lowest BCUT2D eigenvalue weighted by Crippen LogP contribution is -2.52. The van der Waals surface area contributed by atoms with Crippen LogP contribution in [0.3, 0.4) is 0 Å². The molecular formula is C32H34F2N10O3. The molecule has 47 heavy (non-hydrogen) atoms. The van der Waals surface area contributed by atoms with Gasteiger partial charge in [-0.2, -0.15) is 5.10 Å². The van der Waals surface area contributed by atoms with Crippen LogP contribution in [0.2, 0.25) is 0 Å². The van der Waals surface area contributed by atoms with Crippen LogP contribution in [0.1, 0.15) is 12.0 Å². The maximum absolute atomic E-state index is 15.3. The number of amides is 1. The van der Waals surface area contributed by atoms with Gasteiger partial charge in [0.25, 0.3) is 5.92 Å². The van der Waals surface area contributed by atoms with Gasteiger partial charge in [0, 0.05) is 31.7 Å². The molecular weight excluding hydrogens is 610 g/mol. The number of rotatable bonds is 10. The molecule has 0 radical (unpaired) electrons. The molecule has 0 saturated carbocycles. The molecule has 1 saturated heterocycles. The van der Waals surface area contributed by atoms with E-state index in [0.717, 1.165) is 5.56 Å². The molecule has 6 rings (SSSR count). The topological polar surface area (TPSA) is 135 Å². The van der Waals surface area contributed by atoms with Crippen molar-refractivity contribution in [1.29, 1.82) is 0 Å². The van der Waals surface area contributed by atoms with Crippen LogP contribution in [0.25, 0.3) is 16.6 Å². The van der Waals surface area contributed by atoms with Crippen molar-refractivity contribution in [2.75, 3.05) is 51.4 Å². The molecule has 13 nitrogen and oxygen atoms in total. The van der Waals surface area contributed by atoms with E-state index in [1.807, 2.05) is 38.1 Å². The fourth-order valence-electron chi connectivity index (χ4n) is 5.24. The third-order valence-corrected chi connectivity index (χ3v) is 7.56. The van der Waals surface area contributed by atoms with Crippen molar-refractivity contribution >= 4 is 39.6 Å². The highest BCUT2D eigenvalue weighted by Gasteiger charge is 2.46. The molecule has 3 aromatic heterocycles. The molecule has 244 valence electrons. The summed E-state index contributed by atoms with van der Waals surface area (Å²) in [4.78, 5) is 33.8. The number of anilines is 3. The Hall–Kier alpha value is -5.28. The fraction of sp³-hybridized carbons (Fsp3) is 0.312. The third kappa shape index (κ3) is 7.10. The number of ether oxygens (including phenoxy) is 2. The molecule has 1 aliphatic heterocycles. The Kier molecular flexibility index (Phi) is 8.91. The highest BCUT2D eigenvalue weighted by Crippen LogP contribution is 2.42. The zero-order valence-electron chi connectivity index (χ0n) is 26.3. The first-order valence-corrected chi connectivity index (χ1v) is 14.9. The number of aryl methyl sites for hydroxylation is 1. The van der Waals surface area contributed by atoms with Crippen LogP contribution < -0.4 is 20.1 Å². The fourth-order valence-corrected chi connectivity index (χ4v) is 5.24. The zero-order valence-corrected chi connectivity index (χ0v) is 26.3. The summed E-state index contributed by atoms with van der Waals surface area (Å²) in [6, 6.07) is 10.4. The number of nitrogens with one attached hydrogen (secondary N) is 2. The summed E-state index contributed by atoms with van der Waals surface area (Å²) < 4.78 is 44.5. The number of halogens is 2. The monoisotopic (exact) mass is 644 g/mol. The second-order valence-electron chi connectivity index (χ2n) is 11.6. The minimum absolute atomic E-state index is 0.0308. The van der Waals surface area contributed by atoms with Gasteiger partial charge in [-0.1, -0.05) is 18.2 Å². The van der Waals surface area contributed by atoms with E-state index < -0.39 is 24.5 Å². The number of likely N-dealkylation sites (N-methyl/N-ethyl adjacent to an activating group) is 1. The van der Waals surface area contributed by atoms with Gasteiger partial charge in [0.05, 0.1) is 28.8 Å². The van der Waals surface area contributed by atoms with E-state index in [1.165, 1.54) is 29.6 Å². The summed E-state index contributed by atoms with van der Waals surface area (Å²) in [7, 11) is 5.40. The summed E-state index contributed by atoms with van der Waals surface area (Å²) in [5.74, 6) is -2.56. The van der Waals surface area contributed by atoms with Gasteiger partial charge < -0.3 is 29.9 Å². The Morgan fingerprint density at radius 2 is 1.96 bits per heavy atom. The Labute approximate surface area is 269 Å². The zero-order chi connectivity index (χ0) is 33.1. The Bertz CT molecular complexity index is 1950. The maximum atomic E-state index is 15.3. The molecule has 4 heterocycles. The molecule has 15 heteroatoms. The van der Waals surface area contributed by atoms with Crippen molar-refractivity contribution in [2.45, 2.75) is 25.4 Å². The highest BCUT2D eigenvalue weighted by atomic mass is 19.3. The smallest absolute Gasteiger partial charge is 0.296 e. The SMILES string of the molecule is Cc1cccc(Nc2ncnc3ccc(NC(=O)/C=C/CN(C)C)c(O[C@@H]4CCN(C)CC4(F)F)c23)c1Oc1cc2ncnn2cn1. The molecule has 1 amide bonds. The predicted molar refractivity (Wildman–Crippen MR) is 173 cm³/mol. The molecule has 1 fully saturated rings. The number of alkyl halides is 2. The number of carbonyl (C=O) groups is 1. The average molecular weight is 645 g/mol. The first-order chi connectivity index (χ1) is 22.6. The van der Waals surface area contributed by atoms with Crippen molar-refractivity contribution < 1.29 is 23.0 Å². The van der Waals surface area contributed by atoms with Crippen LogP contribution in [0, 0.1) is 6.92 Å². The molecule has 0 aliphatic carbocycles. The van der Waals surface area contributed by atoms with Gasteiger partial charge >= 0.3 is 0 Å². The predicted octanol–water partition coefficient (Wildman–Crippen LogP) is 4.69. The van der Waals surface area contributed by atoms with Crippen molar-refractivity contribution in [3.63, 3.8) is 0 Å². The number of nitrogens with zero attached hydrogens (tertiary/aromatic N) is 8. The quantitative estimate of drug-likeness (QED) is 0.205. The number of hydrogen-bond acceptors (Lipinski definition) is 11. The van der Waals surface area contributed by atoms with E-state index in [-0.39, 0.29) is 29.6 Å². The van der Waals surface area contributed by atoms with Crippen LogP contribution >= 0.6 is 0 Å². The van der Waals surface area contributed by atoms with E-state index in [1.54, 1.807) is 42.3 Å². The average Bonchev–Trinajstić information content (AvgIpc) is 3.49. The van der Waals surface area contributed by atoms with E-state index in [9.17, 15) is 4.79 Å². The summed E-state index contributed by atoms with van der Waals surface area (Å²) in [6.45, 7) is 2.38. The number of hydrogen-bond donors (Lipinski definition) is 2. The van der Waals surface area contributed by atoms with Crippen LogP contribution in [0.4, 0.5) is 26.0 Å². The van der Waals surface area contributed by atoms with Crippen molar-refractivity contribution in [2.24, 2.45) is 0 Å². The van der Waals surface area contributed by atoms with Gasteiger partial charge in [-0.05, 0) is 51.8 Å². The first-order valence-electron chi connectivity index (χ1n) is 14.9. The van der Waals surface area contributed by atoms with Gasteiger partial charge in [0.15, 0.2) is 23.3 Å². The first kappa shape index (κ1) is 31.7. The number of aromatic nitrogens is 6. The standard InChI is InChI=1S/C32H34F2N10O3/c1-20-7-5-8-22(29(20)47-27-15-25-36-18-39-44(25)19-38-27)41-31-28-21(35-17-37-31)10-11-23(40-26(45)9-6-13-42(2)3)30(28)46-24-12-14-43(4)16-32(24,33)34/h5-11,15,17-19,24H,12-14,16H2,1-4H3,(H,40,45)(H,35,37,41)/b9-6+/t24-/m1/s1. The van der Waals surface area contributed by atoms with Crippen molar-refractivity contribution in [1.82, 2.24) is 39.3 Å². The minimum Gasteiger partial charge on any atom is -0.481 e. The normalized spacial score (nSPS) is 16.6. The third-order valence-electron chi connectivity index (χ3n) is 7.56. The Morgan fingerprint density at radius 1 is 1.11 bits per heavy atom.